The molecule has 0 unspecified atom stereocenters. The second kappa shape index (κ2) is 5.68. The summed E-state index contributed by atoms with van der Waals surface area (Å²) < 4.78 is 5.44. The molecular weight excluding hydrogens is 246 g/mol. The molecule has 0 heterocycles. The second-order valence-electron chi connectivity index (χ2n) is 5.55. The largest absolute Gasteiger partial charge is 0.496 e. The average Bonchev–Trinajstić information content (AvgIpc) is 3.30. The smallest absolute Gasteiger partial charge is 0.126 e. The Kier molecular flexibility index (Phi) is 3.75. The summed E-state index contributed by atoms with van der Waals surface area (Å²) in [6.07, 6.45) is 4.94. The molecule has 0 aliphatic heterocycles. The van der Waals surface area contributed by atoms with Gasteiger partial charge in [0.1, 0.15) is 5.75 Å². The molecule has 0 radical (unpaired) electrons. The van der Waals surface area contributed by atoms with Crippen molar-refractivity contribution in [2.75, 3.05) is 13.7 Å². The number of benzene rings is 2. The van der Waals surface area contributed by atoms with Gasteiger partial charge in [-0.25, -0.2) is 0 Å². The highest BCUT2D eigenvalue weighted by atomic mass is 16.5. The molecule has 0 amide bonds. The Morgan fingerprint density at radius 2 is 1.95 bits per heavy atom. The third-order valence-electron chi connectivity index (χ3n) is 3.79. The van der Waals surface area contributed by atoms with E-state index in [1.165, 1.54) is 34.8 Å². The van der Waals surface area contributed by atoms with Crippen LogP contribution in [0.25, 0.3) is 16.8 Å². The van der Waals surface area contributed by atoms with E-state index in [0.717, 1.165) is 18.3 Å². The summed E-state index contributed by atoms with van der Waals surface area (Å²) in [5.74, 6) is 0.937. The molecule has 2 aromatic rings. The molecule has 0 atom stereocenters. The van der Waals surface area contributed by atoms with Crippen LogP contribution < -0.4 is 10.1 Å². The van der Waals surface area contributed by atoms with Crippen molar-refractivity contribution >= 4 is 16.8 Å². The molecule has 1 N–H and O–H groups in total. The Balaban J connectivity index is 1.92. The Labute approximate surface area is 120 Å². The first-order chi connectivity index (χ1) is 9.78. The third-order valence-corrected chi connectivity index (χ3v) is 3.79. The van der Waals surface area contributed by atoms with Crippen molar-refractivity contribution in [1.29, 1.82) is 0 Å². The number of hydrogen-bond acceptors (Lipinski definition) is 2. The molecule has 3 rings (SSSR count). The Morgan fingerprint density at radius 1 is 1.20 bits per heavy atom. The average molecular weight is 267 g/mol. The minimum absolute atomic E-state index is 0.756. The van der Waals surface area contributed by atoms with Crippen LogP contribution in [0.2, 0.25) is 0 Å². The normalized spacial score (nSPS) is 15.6. The highest BCUT2D eigenvalue weighted by molar-refractivity contribution is 5.95. The lowest BCUT2D eigenvalue weighted by Crippen LogP contribution is -2.18. The van der Waals surface area contributed by atoms with Crippen LogP contribution in [0, 0.1) is 0 Å². The standard InChI is InChI=1S/C18H21NO/c1-13(12-19-15-8-9-15)11-14-7-10-18(20-2)17-6-4-3-5-16(14)17/h3-7,10-11,15,19H,8-9,12H2,1-2H3/b13-11-. The van der Waals surface area contributed by atoms with Gasteiger partial charge in [0.2, 0.25) is 0 Å². The van der Waals surface area contributed by atoms with Crippen molar-refractivity contribution in [3.8, 4) is 5.75 Å². The van der Waals surface area contributed by atoms with Gasteiger partial charge in [-0.15, -0.1) is 0 Å². The highest BCUT2D eigenvalue weighted by Gasteiger charge is 2.19. The minimum atomic E-state index is 0.756. The molecule has 20 heavy (non-hydrogen) atoms. The Morgan fingerprint density at radius 3 is 2.65 bits per heavy atom. The van der Waals surface area contributed by atoms with Crippen molar-refractivity contribution < 1.29 is 4.74 Å². The molecule has 1 aliphatic carbocycles. The van der Waals surface area contributed by atoms with E-state index in [9.17, 15) is 0 Å². The van der Waals surface area contributed by atoms with Gasteiger partial charge in [0, 0.05) is 18.0 Å². The van der Waals surface area contributed by atoms with Crippen LogP contribution in [0.15, 0.2) is 42.0 Å². The van der Waals surface area contributed by atoms with Gasteiger partial charge in [-0.05, 0) is 36.8 Å². The summed E-state index contributed by atoms with van der Waals surface area (Å²) in [6.45, 7) is 3.17. The molecule has 1 saturated carbocycles. The van der Waals surface area contributed by atoms with Gasteiger partial charge in [0.05, 0.1) is 7.11 Å². The van der Waals surface area contributed by atoms with Crippen LogP contribution >= 0.6 is 0 Å². The molecule has 2 aromatic carbocycles. The van der Waals surface area contributed by atoms with Crippen molar-refractivity contribution in [2.45, 2.75) is 25.8 Å². The van der Waals surface area contributed by atoms with Crippen LogP contribution in [0.5, 0.6) is 5.75 Å². The first-order valence-electron chi connectivity index (χ1n) is 7.24. The molecule has 0 aromatic heterocycles. The molecule has 104 valence electrons. The van der Waals surface area contributed by atoms with E-state index in [2.05, 4.69) is 54.7 Å². The zero-order valence-electron chi connectivity index (χ0n) is 12.1. The van der Waals surface area contributed by atoms with Gasteiger partial charge < -0.3 is 10.1 Å². The maximum absolute atomic E-state index is 5.44. The fraction of sp³-hybridized carbons (Fsp3) is 0.333. The summed E-state index contributed by atoms with van der Waals surface area (Å²) >= 11 is 0. The lowest BCUT2D eigenvalue weighted by molar-refractivity contribution is 0.420. The molecule has 1 fully saturated rings. The van der Waals surface area contributed by atoms with E-state index >= 15 is 0 Å². The van der Waals surface area contributed by atoms with Crippen LogP contribution in [0.1, 0.15) is 25.3 Å². The predicted octanol–water partition coefficient (Wildman–Crippen LogP) is 4.00. The van der Waals surface area contributed by atoms with Crippen molar-refractivity contribution in [3.63, 3.8) is 0 Å². The SMILES string of the molecule is COc1ccc(/C=C(/C)CNC2CC2)c2ccccc12. The fourth-order valence-corrected chi connectivity index (χ4v) is 2.51. The molecule has 1 aliphatic rings. The first kappa shape index (κ1) is 13.2. The van der Waals surface area contributed by atoms with E-state index in [0.29, 0.717) is 0 Å². The predicted molar refractivity (Wildman–Crippen MR) is 85.2 cm³/mol. The topological polar surface area (TPSA) is 21.3 Å². The summed E-state index contributed by atoms with van der Waals surface area (Å²) in [5, 5.41) is 5.97. The number of ether oxygens (including phenoxy) is 1. The van der Waals surface area contributed by atoms with E-state index in [-0.39, 0.29) is 0 Å². The molecule has 2 nitrogen and oxygen atoms in total. The van der Waals surface area contributed by atoms with Gasteiger partial charge >= 0.3 is 0 Å². The molecular formula is C18H21NO. The number of hydrogen-bond donors (Lipinski definition) is 1. The van der Waals surface area contributed by atoms with E-state index in [4.69, 9.17) is 4.74 Å². The van der Waals surface area contributed by atoms with Gasteiger partial charge in [-0.3, -0.25) is 0 Å². The van der Waals surface area contributed by atoms with Crippen LogP contribution in [-0.2, 0) is 0 Å². The highest BCUT2D eigenvalue weighted by Crippen LogP contribution is 2.29. The number of fused-ring (bicyclic) bond motifs is 1. The monoisotopic (exact) mass is 267 g/mol. The van der Waals surface area contributed by atoms with Gasteiger partial charge in [0.25, 0.3) is 0 Å². The molecule has 2 heteroatoms. The Bertz CT molecular complexity index is 641. The molecule has 0 spiro atoms. The van der Waals surface area contributed by atoms with E-state index < -0.39 is 0 Å². The molecule has 0 saturated heterocycles. The first-order valence-corrected chi connectivity index (χ1v) is 7.24. The van der Waals surface area contributed by atoms with Crippen LogP contribution in [0.4, 0.5) is 0 Å². The second-order valence-corrected chi connectivity index (χ2v) is 5.55. The van der Waals surface area contributed by atoms with Gasteiger partial charge in [0.15, 0.2) is 0 Å². The lowest BCUT2D eigenvalue weighted by atomic mass is 10.0. The maximum Gasteiger partial charge on any atom is 0.126 e. The maximum atomic E-state index is 5.44. The van der Waals surface area contributed by atoms with E-state index in [1.807, 2.05) is 0 Å². The van der Waals surface area contributed by atoms with Crippen LogP contribution in [0.3, 0.4) is 0 Å². The summed E-state index contributed by atoms with van der Waals surface area (Å²) in [7, 11) is 1.72. The van der Waals surface area contributed by atoms with Gasteiger partial charge in [-0.2, -0.15) is 0 Å². The fourth-order valence-electron chi connectivity index (χ4n) is 2.51. The molecule has 0 bridgehead atoms. The third kappa shape index (κ3) is 2.86. The summed E-state index contributed by atoms with van der Waals surface area (Å²) in [5.41, 5.74) is 2.63. The Hall–Kier alpha value is -1.80. The summed E-state index contributed by atoms with van der Waals surface area (Å²) in [4.78, 5) is 0. The van der Waals surface area contributed by atoms with Crippen LogP contribution in [-0.4, -0.2) is 19.7 Å². The minimum Gasteiger partial charge on any atom is -0.496 e. The zero-order valence-corrected chi connectivity index (χ0v) is 12.1. The van der Waals surface area contributed by atoms with Crippen molar-refractivity contribution in [2.24, 2.45) is 0 Å². The summed E-state index contributed by atoms with van der Waals surface area (Å²) in [6, 6.07) is 13.4. The lowest BCUT2D eigenvalue weighted by Gasteiger charge is -2.09. The number of rotatable bonds is 5. The number of methoxy groups -OCH3 is 1. The van der Waals surface area contributed by atoms with Crippen molar-refractivity contribution in [1.82, 2.24) is 5.32 Å². The number of nitrogens with one attached hydrogen (secondary N) is 1. The quantitative estimate of drug-likeness (QED) is 0.884. The van der Waals surface area contributed by atoms with Gasteiger partial charge in [-0.1, -0.05) is 42.0 Å². The van der Waals surface area contributed by atoms with E-state index in [1.54, 1.807) is 7.11 Å². The zero-order chi connectivity index (χ0) is 13.9. The van der Waals surface area contributed by atoms with Crippen molar-refractivity contribution in [3.05, 3.63) is 47.5 Å².